The number of hydrogen-bond acceptors (Lipinski definition) is 3. The van der Waals surface area contributed by atoms with Gasteiger partial charge < -0.3 is 11.2 Å². The molecule has 136 valence electrons. The zero-order valence-corrected chi connectivity index (χ0v) is 15.0. The Morgan fingerprint density at radius 1 is 1.08 bits per heavy atom. The molecule has 0 spiro atoms. The van der Waals surface area contributed by atoms with Crippen LogP contribution in [0.15, 0.2) is 42.5 Å². The zero-order chi connectivity index (χ0) is 18.8. The van der Waals surface area contributed by atoms with Crippen LogP contribution in [0.5, 0.6) is 0 Å². The molecular weight excluding hydrogens is 351 g/mol. The molecule has 1 atom stereocenters. The van der Waals surface area contributed by atoms with Crippen molar-refractivity contribution in [1.29, 1.82) is 0 Å². The Labute approximate surface area is 150 Å². The number of hydrazine groups is 1. The Morgan fingerprint density at radius 2 is 1.76 bits per heavy atom. The molecule has 7 heteroatoms. The average Bonchev–Trinajstić information content (AvgIpc) is 2.53. The van der Waals surface area contributed by atoms with Crippen molar-refractivity contribution in [2.24, 2.45) is 5.73 Å². The second kappa shape index (κ2) is 7.23. The van der Waals surface area contributed by atoms with Crippen LogP contribution >= 0.6 is 11.6 Å². The Morgan fingerprint density at radius 3 is 2.36 bits per heavy atom. The highest BCUT2D eigenvalue weighted by Crippen LogP contribution is 2.36. The number of rotatable bonds is 5. The standard InChI is InChI=1S/C18H21ClF3N3/c1-11(23)12-5-4-6-13(9-12)17(2,3)25-24-14-7-8-16(19)15(10-14)18(20,21)22/h4-11,24-25H,23H2,1-3H3. The van der Waals surface area contributed by atoms with E-state index in [2.05, 4.69) is 10.9 Å². The van der Waals surface area contributed by atoms with E-state index < -0.39 is 17.3 Å². The van der Waals surface area contributed by atoms with Crippen molar-refractivity contribution < 1.29 is 13.2 Å². The highest BCUT2D eigenvalue weighted by molar-refractivity contribution is 6.31. The van der Waals surface area contributed by atoms with E-state index in [0.29, 0.717) is 0 Å². The van der Waals surface area contributed by atoms with Crippen LogP contribution in [0.4, 0.5) is 18.9 Å². The first-order chi connectivity index (χ1) is 11.5. The summed E-state index contributed by atoms with van der Waals surface area (Å²) in [6.07, 6.45) is -4.50. The minimum atomic E-state index is -4.50. The van der Waals surface area contributed by atoms with Crippen LogP contribution in [0, 0.1) is 0 Å². The lowest BCUT2D eigenvalue weighted by molar-refractivity contribution is -0.137. The first kappa shape index (κ1) is 19.6. The highest BCUT2D eigenvalue weighted by Gasteiger charge is 2.33. The summed E-state index contributed by atoms with van der Waals surface area (Å²) in [6, 6.07) is 11.3. The molecule has 1 unspecified atom stereocenters. The Hall–Kier alpha value is -1.76. The normalized spacial score (nSPS) is 13.6. The largest absolute Gasteiger partial charge is 0.417 e. The molecule has 3 nitrogen and oxygen atoms in total. The first-order valence-corrected chi connectivity index (χ1v) is 8.14. The molecule has 0 aromatic heterocycles. The van der Waals surface area contributed by atoms with Gasteiger partial charge in [-0.25, -0.2) is 5.43 Å². The van der Waals surface area contributed by atoms with Crippen molar-refractivity contribution in [3.05, 3.63) is 64.2 Å². The molecule has 0 fully saturated rings. The van der Waals surface area contributed by atoms with Crippen molar-refractivity contribution in [2.45, 2.75) is 38.5 Å². The summed E-state index contributed by atoms with van der Waals surface area (Å²) in [5, 5.41) is -0.332. The molecule has 0 saturated carbocycles. The van der Waals surface area contributed by atoms with E-state index in [4.69, 9.17) is 17.3 Å². The number of nitrogens with two attached hydrogens (primary N) is 1. The predicted octanol–water partition coefficient (Wildman–Crippen LogP) is 5.23. The van der Waals surface area contributed by atoms with Crippen LogP contribution in [0.2, 0.25) is 5.02 Å². The van der Waals surface area contributed by atoms with Gasteiger partial charge in [-0.2, -0.15) is 13.2 Å². The fourth-order valence-electron chi connectivity index (χ4n) is 2.33. The molecule has 2 aromatic rings. The third-order valence-electron chi connectivity index (χ3n) is 3.93. The second-order valence-electron chi connectivity index (χ2n) is 6.48. The van der Waals surface area contributed by atoms with Crippen LogP contribution in [0.3, 0.4) is 0 Å². The Balaban J connectivity index is 2.19. The second-order valence-corrected chi connectivity index (χ2v) is 6.89. The summed E-state index contributed by atoms with van der Waals surface area (Å²) >= 11 is 5.63. The quantitative estimate of drug-likeness (QED) is 0.631. The van der Waals surface area contributed by atoms with E-state index in [1.807, 2.05) is 45.0 Å². The number of benzene rings is 2. The van der Waals surface area contributed by atoms with Crippen molar-refractivity contribution in [1.82, 2.24) is 5.43 Å². The van der Waals surface area contributed by atoms with Crippen LogP contribution in [-0.2, 0) is 11.7 Å². The van der Waals surface area contributed by atoms with Crippen LogP contribution in [0.25, 0.3) is 0 Å². The SMILES string of the molecule is CC(N)c1cccc(C(C)(C)NNc2ccc(Cl)c(C(F)(F)F)c2)c1. The highest BCUT2D eigenvalue weighted by atomic mass is 35.5. The third-order valence-corrected chi connectivity index (χ3v) is 4.25. The maximum absolute atomic E-state index is 12.9. The van der Waals surface area contributed by atoms with E-state index in [9.17, 15) is 13.2 Å². The number of alkyl halides is 3. The monoisotopic (exact) mass is 371 g/mol. The summed E-state index contributed by atoms with van der Waals surface area (Å²) in [5.41, 5.74) is 12.6. The van der Waals surface area contributed by atoms with Gasteiger partial charge in [0.2, 0.25) is 0 Å². The molecular formula is C18H21ClF3N3. The van der Waals surface area contributed by atoms with Crippen LogP contribution in [-0.4, -0.2) is 0 Å². The molecule has 0 amide bonds. The molecule has 0 saturated heterocycles. The number of hydrogen-bond donors (Lipinski definition) is 3. The van der Waals surface area contributed by atoms with Crippen LogP contribution in [0.1, 0.15) is 43.5 Å². The molecule has 2 aromatic carbocycles. The van der Waals surface area contributed by atoms with Crippen molar-refractivity contribution in [3.63, 3.8) is 0 Å². The van der Waals surface area contributed by atoms with Gasteiger partial charge in [0.05, 0.1) is 16.1 Å². The zero-order valence-electron chi connectivity index (χ0n) is 14.2. The molecule has 0 aliphatic rings. The summed E-state index contributed by atoms with van der Waals surface area (Å²) in [7, 11) is 0. The molecule has 0 bridgehead atoms. The molecule has 0 heterocycles. The smallest absolute Gasteiger partial charge is 0.324 e. The topological polar surface area (TPSA) is 50.1 Å². The number of halogens is 4. The minimum absolute atomic E-state index is 0.102. The van der Waals surface area contributed by atoms with Gasteiger partial charge in [0.25, 0.3) is 0 Å². The summed E-state index contributed by atoms with van der Waals surface area (Å²) in [5.74, 6) is 0. The molecule has 4 N–H and O–H groups in total. The molecule has 0 radical (unpaired) electrons. The summed E-state index contributed by atoms with van der Waals surface area (Å²) in [6.45, 7) is 5.73. The van der Waals surface area contributed by atoms with Gasteiger partial charge in [0, 0.05) is 11.7 Å². The van der Waals surface area contributed by atoms with Gasteiger partial charge in [-0.3, -0.25) is 0 Å². The molecule has 0 aliphatic carbocycles. The first-order valence-electron chi connectivity index (χ1n) is 7.76. The van der Waals surface area contributed by atoms with E-state index in [0.717, 1.165) is 17.2 Å². The maximum Gasteiger partial charge on any atom is 0.417 e. The van der Waals surface area contributed by atoms with E-state index in [-0.39, 0.29) is 16.8 Å². The predicted molar refractivity (Wildman–Crippen MR) is 95.3 cm³/mol. The van der Waals surface area contributed by atoms with Gasteiger partial charge in [-0.1, -0.05) is 35.9 Å². The fourth-order valence-corrected chi connectivity index (χ4v) is 2.56. The van der Waals surface area contributed by atoms with E-state index in [1.165, 1.54) is 12.1 Å². The van der Waals surface area contributed by atoms with Crippen molar-refractivity contribution >= 4 is 17.3 Å². The van der Waals surface area contributed by atoms with Gasteiger partial charge in [0.15, 0.2) is 0 Å². The lowest BCUT2D eigenvalue weighted by Gasteiger charge is -2.29. The van der Waals surface area contributed by atoms with Gasteiger partial charge in [-0.15, -0.1) is 0 Å². The minimum Gasteiger partial charge on any atom is -0.324 e. The maximum atomic E-state index is 12.9. The van der Waals surface area contributed by atoms with Gasteiger partial charge >= 0.3 is 6.18 Å². The lowest BCUT2D eigenvalue weighted by Crippen LogP contribution is -2.40. The van der Waals surface area contributed by atoms with E-state index >= 15 is 0 Å². The molecule has 2 rings (SSSR count). The molecule has 25 heavy (non-hydrogen) atoms. The van der Waals surface area contributed by atoms with Gasteiger partial charge in [0.1, 0.15) is 0 Å². The Bertz CT molecular complexity index is 743. The number of nitrogens with one attached hydrogen (secondary N) is 2. The fraction of sp³-hybridized carbons (Fsp3) is 0.333. The molecule has 0 aliphatic heterocycles. The Kier molecular flexibility index (Phi) is 5.66. The average molecular weight is 372 g/mol. The van der Waals surface area contributed by atoms with Crippen molar-refractivity contribution in [3.8, 4) is 0 Å². The van der Waals surface area contributed by atoms with Gasteiger partial charge in [-0.05, 0) is 50.1 Å². The summed E-state index contributed by atoms with van der Waals surface area (Å²) < 4.78 is 38.8. The van der Waals surface area contributed by atoms with Crippen molar-refractivity contribution in [2.75, 3.05) is 5.43 Å². The summed E-state index contributed by atoms with van der Waals surface area (Å²) in [4.78, 5) is 0. The van der Waals surface area contributed by atoms with E-state index in [1.54, 1.807) is 0 Å². The lowest BCUT2D eigenvalue weighted by atomic mass is 9.92. The third kappa shape index (κ3) is 4.87. The number of anilines is 1. The van der Waals surface area contributed by atoms with Crippen LogP contribution < -0.4 is 16.6 Å².